The Morgan fingerprint density at radius 1 is 1.25 bits per heavy atom. The Morgan fingerprint density at radius 3 is 2.57 bits per heavy atom. The number of rotatable bonds is 5. The first-order chi connectivity index (χ1) is 13.3. The van der Waals surface area contributed by atoms with Crippen molar-refractivity contribution in [3.8, 4) is 0 Å². The van der Waals surface area contributed by atoms with E-state index < -0.39 is 11.9 Å². The van der Waals surface area contributed by atoms with E-state index in [1.165, 1.54) is 4.68 Å². The van der Waals surface area contributed by atoms with Crippen LogP contribution in [0.5, 0.6) is 0 Å². The second kappa shape index (κ2) is 7.89. The zero-order chi connectivity index (χ0) is 20.4. The summed E-state index contributed by atoms with van der Waals surface area (Å²) in [4.78, 5) is 42.0. The van der Waals surface area contributed by atoms with Crippen molar-refractivity contribution in [3.63, 3.8) is 0 Å². The second-order valence-electron chi connectivity index (χ2n) is 6.35. The molecule has 0 unspecified atom stereocenters. The molecule has 0 saturated heterocycles. The molecule has 146 valence electrons. The van der Waals surface area contributed by atoms with Crippen LogP contribution in [0, 0.1) is 6.92 Å². The molecule has 0 aliphatic rings. The molecule has 1 aromatic carbocycles. The lowest BCUT2D eigenvalue weighted by Gasteiger charge is -2.12. The number of nitrogens with one attached hydrogen (secondary N) is 1. The fourth-order valence-electron chi connectivity index (χ4n) is 2.72. The lowest BCUT2D eigenvalue weighted by atomic mass is 10.1. The molecular formula is C19H20N4O4S. The fraction of sp³-hybridized carbons (Fsp3) is 0.316. The second-order valence-corrected chi connectivity index (χ2v) is 7.34. The topological polar surface area (TPSA) is 103 Å². The van der Waals surface area contributed by atoms with Gasteiger partial charge in [0.2, 0.25) is 0 Å². The highest BCUT2D eigenvalue weighted by Crippen LogP contribution is 2.24. The lowest BCUT2D eigenvalue weighted by molar-refractivity contribution is 0.0531. The average molecular weight is 400 g/mol. The van der Waals surface area contributed by atoms with Gasteiger partial charge in [-0.25, -0.2) is 14.5 Å². The highest BCUT2D eigenvalue weighted by molar-refractivity contribution is 7.17. The third kappa shape index (κ3) is 3.65. The molecule has 0 spiro atoms. The van der Waals surface area contributed by atoms with Gasteiger partial charge in [0.1, 0.15) is 4.88 Å². The zero-order valence-electron chi connectivity index (χ0n) is 16.0. The SMILES string of the molecule is CCOC(=O)c1sc(NC(=O)c2nn(C(C)C)c(=O)c3ccccc23)nc1C. The molecule has 1 N–H and O–H groups in total. The first kappa shape index (κ1) is 19.7. The van der Waals surface area contributed by atoms with Crippen LogP contribution in [0.25, 0.3) is 10.8 Å². The summed E-state index contributed by atoms with van der Waals surface area (Å²) in [5.41, 5.74) is 0.343. The predicted octanol–water partition coefficient (Wildman–Crippen LogP) is 3.17. The van der Waals surface area contributed by atoms with Gasteiger partial charge in [0, 0.05) is 5.39 Å². The molecule has 3 aromatic rings. The lowest BCUT2D eigenvalue weighted by Crippen LogP contribution is -2.28. The van der Waals surface area contributed by atoms with Crippen LogP contribution in [0.3, 0.4) is 0 Å². The van der Waals surface area contributed by atoms with E-state index in [-0.39, 0.29) is 29.0 Å². The predicted molar refractivity (Wildman–Crippen MR) is 107 cm³/mol. The van der Waals surface area contributed by atoms with Gasteiger partial charge in [-0.15, -0.1) is 0 Å². The van der Waals surface area contributed by atoms with Crippen LogP contribution in [0.15, 0.2) is 29.1 Å². The van der Waals surface area contributed by atoms with Gasteiger partial charge in [0.05, 0.1) is 23.7 Å². The van der Waals surface area contributed by atoms with Gasteiger partial charge in [0.15, 0.2) is 10.8 Å². The van der Waals surface area contributed by atoms with Crippen molar-refractivity contribution in [2.24, 2.45) is 0 Å². The number of nitrogens with zero attached hydrogens (tertiary/aromatic N) is 3. The summed E-state index contributed by atoms with van der Waals surface area (Å²) in [7, 11) is 0. The largest absolute Gasteiger partial charge is 0.462 e. The monoisotopic (exact) mass is 400 g/mol. The molecule has 0 fully saturated rings. The quantitative estimate of drug-likeness (QED) is 0.660. The minimum Gasteiger partial charge on any atom is -0.462 e. The van der Waals surface area contributed by atoms with Crippen molar-refractivity contribution in [2.75, 3.05) is 11.9 Å². The van der Waals surface area contributed by atoms with Crippen molar-refractivity contribution in [2.45, 2.75) is 33.7 Å². The summed E-state index contributed by atoms with van der Waals surface area (Å²) in [5, 5.41) is 8.08. The number of carbonyl (C=O) groups is 2. The molecule has 0 saturated carbocycles. The highest BCUT2D eigenvalue weighted by atomic mass is 32.1. The molecule has 3 rings (SSSR count). The molecule has 2 aromatic heterocycles. The van der Waals surface area contributed by atoms with Gasteiger partial charge in [-0.3, -0.25) is 14.9 Å². The van der Waals surface area contributed by atoms with Crippen molar-refractivity contribution in [1.82, 2.24) is 14.8 Å². The Morgan fingerprint density at radius 2 is 1.93 bits per heavy atom. The maximum absolute atomic E-state index is 12.9. The molecule has 0 aliphatic carbocycles. The van der Waals surface area contributed by atoms with Crippen LogP contribution >= 0.6 is 11.3 Å². The number of hydrogen-bond donors (Lipinski definition) is 1. The molecule has 0 bridgehead atoms. The minimum absolute atomic E-state index is 0.120. The normalized spacial score (nSPS) is 11.0. The molecule has 0 atom stereocenters. The third-order valence-electron chi connectivity index (χ3n) is 4.01. The summed E-state index contributed by atoms with van der Waals surface area (Å²) in [6.45, 7) is 7.29. The first-order valence-corrected chi connectivity index (χ1v) is 9.62. The van der Waals surface area contributed by atoms with Gasteiger partial charge >= 0.3 is 5.97 Å². The number of carbonyl (C=O) groups excluding carboxylic acids is 2. The van der Waals surface area contributed by atoms with Crippen molar-refractivity contribution >= 4 is 39.1 Å². The van der Waals surface area contributed by atoms with Crippen molar-refractivity contribution in [3.05, 3.63) is 50.9 Å². The van der Waals surface area contributed by atoms with Crippen LogP contribution in [-0.4, -0.2) is 33.2 Å². The summed E-state index contributed by atoms with van der Waals surface area (Å²) in [6.07, 6.45) is 0. The smallest absolute Gasteiger partial charge is 0.350 e. The molecule has 0 aliphatic heterocycles. The van der Waals surface area contributed by atoms with E-state index in [9.17, 15) is 14.4 Å². The molecular weight excluding hydrogens is 380 g/mol. The summed E-state index contributed by atoms with van der Waals surface area (Å²) in [5.74, 6) is -0.982. The van der Waals surface area contributed by atoms with Crippen LogP contribution in [0.1, 0.15) is 52.7 Å². The Kier molecular flexibility index (Phi) is 5.55. The number of ether oxygens (including phenoxy) is 1. The Labute approximate surface area is 165 Å². The third-order valence-corrected chi connectivity index (χ3v) is 5.06. The zero-order valence-corrected chi connectivity index (χ0v) is 16.8. The van der Waals surface area contributed by atoms with E-state index >= 15 is 0 Å². The first-order valence-electron chi connectivity index (χ1n) is 8.81. The number of aromatic nitrogens is 3. The minimum atomic E-state index is -0.505. The molecule has 2 heterocycles. The van der Waals surface area contributed by atoms with E-state index in [2.05, 4.69) is 15.4 Å². The van der Waals surface area contributed by atoms with Gasteiger partial charge in [0.25, 0.3) is 11.5 Å². The van der Waals surface area contributed by atoms with Gasteiger partial charge < -0.3 is 4.74 Å². The van der Waals surface area contributed by atoms with Gasteiger partial charge in [-0.05, 0) is 33.8 Å². The number of aryl methyl sites for hydroxylation is 1. The number of anilines is 1. The van der Waals surface area contributed by atoms with E-state index in [1.807, 2.05) is 13.8 Å². The average Bonchev–Trinajstić information content (AvgIpc) is 3.02. The van der Waals surface area contributed by atoms with Crippen LogP contribution in [0.2, 0.25) is 0 Å². The summed E-state index contributed by atoms with van der Waals surface area (Å²) < 4.78 is 6.28. The number of benzene rings is 1. The Hall–Kier alpha value is -3.07. The fourth-order valence-corrected chi connectivity index (χ4v) is 3.57. The van der Waals surface area contributed by atoms with Crippen molar-refractivity contribution < 1.29 is 14.3 Å². The highest BCUT2D eigenvalue weighted by Gasteiger charge is 2.21. The maximum Gasteiger partial charge on any atom is 0.350 e. The molecule has 8 nitrogen and oxygen atoms in total. The number of thiazole rings is 1. The summed E-state index contributed by atoms with van der Waals surface area (Å²) in [6, 6.07) is 6.63. The Balaban J connectivity index is 2.01. The van der Waals surface area contributed by atoms with E-state index in [4.69, 9.17) is 4.74 Å². The molecule has 1 amide bonds. The number of hydrogen-bond acceptors (Lipinski definition) is 7. The Bertz CT molecular complexity index is 1120. The summed E-state index contributed by atoms with van der Waals surface area (Å²) >= 11 is 1.04. The van der Waals surface area contributed by atoms with Gasteiger partial charge in [-0.2, -0.15) is 5.10 Å². The van der Waals surface area contributed by atoms with Gasteiger partial charge in [-0.1, -0.05) is 29.5 Å². The molecule has 28 heavy (non-hydrogen) atoms. The number of fused-ring (bicyclic) bond motifs is 1. The maximum atomic E-state index is 12.9. The van der Waals surface area contributed by atoms with E-state index in [1.54, 1.807) is 38.1 Å². The van der Waals surface area contributed by atoms with E-state index in [0.717, 1.165) is 11.3 Å². The van der Waals surface area contributed by atoms with E-state index in [0.29, 0.717) is 21.3 Å². The number of amides is 1. The number of esters is 1. The van der Waals surface area contributed by atoms with Crippen molar-refractivity contribution in [1.29, 1.82) is 0 Å². The van der Waals surface area contributed by atoms with Crippen LogP contribution < -0.4 is 10.9 Å². The molecule has 0 radical (unpaired) electrons. The molecule has 9 heteroatoms. The standard InChI is InChI=1S/C19H20N4O4S/c1-5-27-18(26)15-11(4)20-19(28-15)21-16(24)14-12-8-6-7-9-13(12)17(25)23(22-14)10(2)3/h6-10H,5H2,1-4H3,(H,20,21,24). The van der Waals surface area contributed by atoms with Crippen LogP contribution in [0.4, 0.5) is 5.13 Å². The van der Waals surface area contributed by atoms with Crippen LogP contribution in [-0.2, 0) is 4.74 Å².